The fourth-order valence-electron chi connectivity index (χ4n) is 2.09. The number of rotatable bonds is 6. The number of anilines is 1. The number of aromatic nitrogens is 4. The van der Waals surface area contributed by atoms with Gasteiger partial charge in [-0.3, -0.25) is 14.9 Å². The lowest BCUT2D eigenvalue weighted by molar-refractivity contribution is -0.384. The molecule has 3 aromatic rings. The molecule has 0 fully saturated rings. The molecule has 0 unspecified atom stereocenters. The van der Waals surface area contributed by atoms with Crippen LogP contribution in [0.1, 0.15) is 0 Å². The number of hydrogen-bond donors (Lipinski definition) is 1. The highest BCUT2D eigenvalue weighted by Gasteiger charge is 2.17. The Morgan fingerprint density at radius 2 is 1.89 bits per heavy atom. The average Bonchev–Trinajstić information content (AvgIpc) is 3.12. The summed E-state index contributed by atoms with van der Waals surface area (Å²) in [5.74, 6) is -0.433. The van der Waals surface area contributed by atoms with Crippen LogP contribution in [0.4, 0.5) is 11.4 Å². The summed E-state index contributed by atoms with van der Waals surface area (Å²) >= 11 is 13.1. The van der Waals surface area contributed by atoms with Crippen molar-refractivity contribution >= 4 is 52.2 Å². The van der Waals surface area contributed by atoms with Crippen LogP contribution in [0, 0.1) is 10.1 Å². The summed E-state index contributed by atoms with van der Waals surface area (Å²) in [5.41, 5.74) is 0.600. The van der Waals surface area contributed by atoms with Crippen molar-refractivity contribution in [2.75, 3.05) is 11.1 Å². The molecular weight excluding hydrogens is 415 g/mol. The molecule has 0 saturated carbocycles. The van der Waals surface area contributed by atoms with Crippen molar-refractivity contribution in [2.24, 2.45) is 0 Å². The first kappa shape index (κ1) is 19.1. The summed E-state index contributed by atoms with van der Waals surface area (Å²) in [6, 6.07) is 11.4. The molecular formula is C15H10Cl2N6O3S. The summed E-state index contributed by atoms with van der Waals surface area (Å²) in [5, 5.41) is 25.1. The van der Waals surface area contributed by atoms with Crippen molar-refractivity contribution in [3.8, 4) is 5.69 Å². The maximum Gasteiger partial charge on any atom is 0.272 e. The minimum absolute atomic E-state index is 0.0170. The number of benzene rings is 2. The molecule has 2 aromatic carbocycles. The topological polar surface area (TPSA) is 116 Å². The van der Waals surface area contributed by atoms with Crippen molar-refractivity contribution in [3.63, 3.8) is 0 Å². The van der Waals surface area contributed by atoms with Gasteiger partial charge in [0.15, 0.2) is 0 Å². The lowest BCUT2D eigenvalue weighted by Gasteiger charge is -2.09. The lowest BCUT2D eigenvalue weighted by Crippen LogP contribution is -2.15. The Labute approximate surface area is 166 Å². The third-order valence-electron chi connectivity index (χ3n) is 3.28. The molecule has 0 aliphatic carbocycles. The van der Waals surface area contributed by atoms with Crippen LogP contribution >= 0.6 is 35.0 Å². The van der Waals surface area contributed by atoms with Crippen LogP contribution in [-0.4, -0.2) is 36.8 Å². The van der Waals surface area contributed by atoms with E-state index < -0.39 is 10.8 Å². The number of carbonyl (C=O) groups excluding carboxylic acids is 1. The molecule has 1 aromatic heterocycles. The summed E-state index contributed by atoms with van der Waals surface area (Å²) in [7, 11) is 0. The SMILES string of the molecule is O=C(CSc1nnnn1-c1ccccc1)Nc1c(Cl)cc([N+](=O)[O-])cc1Cl. The van der Waals surface area contributed by atoms with Crippen molar-refractivity contribution < 1.29 is 9.72 Å². The summed E-state index contributed by atoms with van der Waals surface area (Å²) in [6.45, 7) is 0. The molecule has 1 heterocycles. The quantitative estimate of drug-likeness (QED) is 0.364. The minimum Gasteiger partial charge on any atom is -0.323 e. The number of nitrogens with one attached hydrogen (secondary N) is 1. The van der Waals surface area contributed by atoms with Gasteiger partial charge in [0.1, 0.15) is 0 Å². The molecule has 1 N–H and O–H groups in total. The summed E-state index contributed by atoms with van der Waals surface area (Å²) in [6.07, 6.45) is 0. The normalized spacial score (nSPS) is 10.6. The molecule has 0 aliphatic rings. The zero-order valence-corrected chi connectivity index (χ0v) is 15.7. The van der Waals surface area contributed by atoms with Crippen LogP contribution < -0.4 is 5.32 Å². The monoisotopic (exact) mass is 424 g/mol. The Kier molecular flexibility index (Phi) is 5.89. The number of amides is 1. The van der Waals surface area contributed by atoms with E-state index in [1.807, 2.05) is 30.3 Å². The van der Waals surface area contributed by atoms with Crippen molar-refractivity contribution in [1.29, 1.82) is 0 Å². The van der Waals surface area contributed by atoms with Gasteiger partial charge in [-0.1, -0.05) is 53.2 Å². The molecule has 0 radical (unpaired) electrons. The van der Waals surface area contributed by atoms with Crippen molar-refractivity contribution in [2.45, 2.75) is 5.16 Å². The van der Waals surface area contributed by atoms with Crippen LogP contribution in [0.3, 0.4) is 0 Å². The number of nitrogens with zero attached hydrogens (tertiary/aromatic N) is 5. The highest BCUT2D eigenvalue weighted by atomic mass is 35.5. The van der Waals surface area contributed by atoms with E-state index in [0.29, 0.717) is 5.16 Å². The van der Waals surface area contributed by atoms with E-state index in [4.69, 9.17) is 23.2 Å². The maximum absolute atomic E-state index is 12.2. The number of non-ortho nitro benzene ring substituents is 1. The number of nitro groups is 1. The fourth-order valence-corrected chi connectivity index (χ4v) is 3.35. The number of hydrogen-bond acceptors (Lipinski definition) is 7. The van der Waals surface area contributed by atoms with Gasteiger partial charge in [-0.2, -0.15) is 4.68 Å². The van der Waals surface area contributed by atoms with Gasteiger partial charge in [0.05, 0.1) is 32.1 Å². The molecule has 27 heavy (non-hydrogen) atoms. The van der Waals surface area contributed by atoms with E-state index in [-0.39, 0.29) is 27.2 Å². The van der Waals surface area contributed by atoms with Gasteiger partial charge in [-0.05, 0) is 22.6 Å². The van der Waals surface area contributed by atoms with Gasteiger partial charge >= 0.3 is 0 Å². The first-order valence-electron chi connectivity index (χ1n) is 7.35. The molecule has 138 valence electrons. The minimum atomic E-state index is -0.622. The standard InChI is InChI=1S/C15H10Cl2N6O3S/c16-11-6-10(23(25)26)7-12(17)14(11)18-13(24)8-27-15-19-20-21-22(15)9-4-2-1-3-5-9/h1-7H,8H2,(H,18,24). The van der Waals surface area contributed by atoms with Gasteiger partial charge < -0.3 is 5.32 Å². The Hall–Kier alpha value is -2.69. The molecule has 12 heteroatoms. The third-order valence-corrected chi connectivity index (χ3v) is 4.79. The van der Waals surface area contributed by atoms with Gasteiger partial charge in [-0.25, -0.2) is 0 Å². The number of halogens is 2. The van der Waals surface area contributed by atoms with E-state index >= 15 is 0 Å². The van der Waals surface area contributed by atoms with E-state index in [2.05, 4.69) is 20.8 Å². The van der Waals surface area contributed by atoms with Crippen LogP contribution in [-0.2, 0) is 4.79 Å². The van der Waals surface area contributed by atoms with Crippen LogP contribution in [0.2, 0.25) is 10.0 Å². The largest absolute Gasteiger partial charge is 0.323 e. The Balaban J connectivity index is 1.68. The van der Waals surface area contributed by atoms with Crippen molar-refractivity contribution in [3.05, 3.63) is 62.6 Å². The summed E-state index contributed by atoms with van der Waals surface area (Å²) < 4.78 is 1.50. The van der Waals surface area contributed by atoms with E-state index in [1.54, 1.807) is 0 Å². The smallest absolute Gasteiger partial charge is 0.272 e. The zero-order chi connectivity index (χ0) is 19.4. The average molecular weight is 425 g/mol. The van der Waals surface area contributed by atoms with Crippen LogP contribution in [0.5, 0.6) is 0 Å². The second-order valence-corrected chi connectivity index (χ2v) is 6.84. The van der Waals surface area contributed by atoms with Crippen LogP contribution in [0.25, 0.3) is 5.69 Å². The summed E-state index contributed by atoms with van der Waals surface area (Å²) in [4.78, 5) is 22.4. The van der Waals surface area contributed by atoms with Gasteiger partial charge in [0.25, 0.3) is 5.69 Å². The molecule has 1 amide bonds. The number of para-hydroxylation sites is 1. The Morgan fingerprint density at radius 3 is 2.52 bits per heavy atom. The second kappa shape index (κ2) is 8.33. The first-order chi connectivity index (χ1) is 13.0. The van der Waals surface area contributed by atoms with E-state index in [9.17, 15) is 14.9 Å². The number of thioether (sulfide) groups is 1. The molecule has 3 rings (SSSR count). The predicted octanol–water partition coefficient (Wildman–Crippen LogP) is 3.61. The number of nitro benzene ring substituents is 1. The van der Waals surface area contributed by atoms with E-state index in [0.717, 1.165) is 29.6 Å². The Bertz CT molecular complexity index is 975. The van der Waals surface area contributed by atoms with Crippen LogP contribution in [0.15, 0.2) is 47.6 Å². The second-order valence-electron chi connectivity index (χ2n) is 5.09. The zero-order valence-electron chi connectivity index (χ0n) is 13.4. The highest BCUT2D eigenvalue weighted by Crippen LogP contribution is 2.34. The molecule has 0 atom stereocenters. The number of carbonyl (C=O) groups is 1. The molecule has 0 saturated heterocycles. The molecule has 0 spiro atoms. The maximum atomic E-state index is 12.2. The lowest BCUT2D eigenvalue weighted by atomic mass is 10.3. The fraction of sp³-hybridized carbons (Fsp3) is 0.0667. The predicted molar refractivity (Wildman–Crippen MR) is 102 cm³/mol. The van der Waals surface area contributed by atoms with Gasteiger partial charge in [0, 0.05) is 12.1 Å². The molecule has 0 aliphatic heterocycles. The Morgan fingerprint density at radius 1 is 1.22 bits per heavy atom. The van der Waals surface area contributed by atoms with Crippen molar-refractivity contribution in [1.82, 2.24) is 20.2 Å². The van der Waals surface area contributed by atoms with Gasteiger partial charge in [0.2, 0.25) is 11.1 Å². The first-order valence-corrected chi connectivity index (χ1v) is 9.09. The third kappa shape index (κ3) is 4.54. The molecule has 9 nitrogen and oxygen atoms in total. The number of tetrazole rings is 1. The molecule has 0 bridgehead atoms. The van der Waals surface area contributed by atoms with Gasteiger partial charge in [-0.15, -0.1) is 5.10 Å². The van der Waals surface area contributed by atoms with E-state index in [1.165, 1.54) is 4.68 Å². The highest BCUT2D eigenvalue weighted by molar-refractivity contribution is 7.99.